The van der Waals surface area contributed by atoms with Gasteiger partial charge in [-0.05, 0) is 0 Å². The molecule has 26 heavy (non-hydrogen) atoms. The maximum Gasteiger partial charge on any atom is 0.347 e. The van der Waals surface area contributed by atoms with Crippen molar-refractivity contribution in [3.63, 3.8) is 0 Å². The summed E-state index contributed by atoms with van der Waals surface area (Å²) in [7, 11) is 0. The first-order valence-electron chi connectivity index (χ1n) is 6.98. The molecule has 8 nitrogen and oxygen atoms in total. The largest absolute Gasteiger partial charge is 1.00 e. The molecule has 2 heterocycles. The molecule has 0 radical (unpaired) electrons. The van der Waals surface area contributed by atoms with Crippen LogP contribution in [0.5, 0.6) is 0 Å². The van der Waals surface area contributed by atoms with Crippen LogP contribution in [0.15, 0.2) is 73.3 Å². The highest BCUT2D eigenvalue weighted by molar-refractivity contribution is 5.61. The molecule has 0 aliphatic carbocycles. The molecule has 0 atom stereocenters. The normalized spacial score (nSPS) is 9.54. The second-order valence-electron chi connectivity index (χ2n) is 4.91. The van der Waals surface area contributed by atoms with Gasteiger partial charge in [-0.25, -0.2) is 0 Å². The van der Waals surface area contributed by atoms with E-state index < -0.39 is 9.85 Å². The van der Waals surface area contributed by atoms with Gasteiger partial charge in [0.1, 0.15) is 6.07 Å². The van der Waals surface area contributed by atoms with Crippen molar-refractivity contribution in [2.75, 3.05) is 0 Å². The molecule has 0 saturated carbocycles. The van der Waals surface area contributed by atoms with E-state index in [2.05, 4.69) is 0 Å². The molecule has 0 aliphatic rings. The number of aromatic nitrogens is 2. The quantitative estimate of drug-likeness (QED) is 0.256. The van der Waals surface area contributed by atoms with Crippen LogP contribution in [0.1, 0.15) is 0 Å². The van der Waals surface area contributed by atoms with Gasteiger partial charge in [-0.1, -0.05) is 12.1 Å². The van der Waals surface area contributed by atoms with Crippen LogP contribution in [0.3, 0.4) is 0 Å². The lowest BCUT2D eigenvalue weighted by atomic mass is 10.2. The van der Waals surface area contributed by atoms with Crippen LogP contribution in [0, 0.1) is 20.2 Å². The Hall–Kier alpha value is -3.10. The maximum absolute atomic E-state index is 11.4. The molecule has 3 rings (SSSR count). The third-order valence-corrected chi connectivity index (χ3v) is 3.45. The van der Waals surface area contributed by atoms with E-state index in [1.807, 2.05) is 0 Å². The van der Waals surface area contributed by atoms with E-state index in [9.17, 15) is 20.2 Å². The van der Waals surface area contributed by atoms with Gasteiger partial charge in [0.25, 0.3) is 11.4 Å². The van der Waals surface area contributed by atoms with Crippen molar-refractivity contribution in [1.29, 1.82) is 0 Å². The van der Waals surface area contributed by atoms with Crippen molar-refractivity contribution in [3.05, 3.63) is 93.5 Å². The number of benzene rings is 1. The zero-order valence-corrected chi connectivity index (χ0v) is 14.6. The van der Waals surface area contributed by atoms with E-state index >= 15 is 0 Å². The Morgan fingerprint density at radius 1 is 0.615 bits per heavy atom. The van der Waals surface area contributed by atoms with Gasteiger partial charge in [0, 0.05) is 24.3 Å². The van der Waals surface area contributed by atoms with Crippen molar-refractivity contribution < 1.29 is 43.8 Å². The Bertz CT molecular complexity index is 852. The fourth-order valence-electron chi connectivity index (χ4n) is 2.38. The second-order valence-corrected chi connectivity index (χ2v) is 4.91. The number of nitro benzene ring substituents is 2. The van der Waals surface area contributed by atoms with Gasteiger partial charge in [-0.2, -0.15) is 9.13 Å². The van der Waals surface area contributed by atoms with E-state index in [-0.39, 0.29) is 47.6 Å². The molecular weight excluding hydrogens is 383 g/mol. The summed E-state index contributed by atoms with van der Waals surface area (Å²) in [4.78, 5) is 21.5. The van der Waals surface area contributed by atoms with E-state index in [1.54, 1.807) is 70.3 Å². The third kappa shape index (κ3) is 4.11. The fraction of sp³-hybridized carbons (Fsp3) is 0. The van der Waals surface area contributed by atoms with Gasteiger partial charge in [0.15, 0.2) is 24.8 Å². The van der Waals surface area contributed by atoms with Crippen LogP contribution >= 0.6 is 0 Å². The summed E-state index contributed by atoms with van der Waals surface area (Å²) >= 11 is 0. The summed E-state index contributed by atoms with van der Waals surface area (Å²) in [5, 5.41) is 22.8. The minimum Gasteiger partial charge on any atom is -1.00 e. The van der Waals surface area contributed by atoms with Gasteiger partial charge in [-0.3, -0.25) is 20.2 Å². The third-order valence-electron chi connectivity index (χ3n) is 3.45. The predicted octanol–water partition coefficient (Wildman–Crippen LogP) is -3.94. The average Bonchev–Trinajstić information content (AvgIpc) is 2.62. The predicted molar refractivity (Wildman–Crippen MR) is 82.8 cm³/mol. The minimum absolute atomic E-state index is 0. The Labute approximate surface area is 160 Å². The lowest BCUT2D eigenvalue weighted by molar-refractivity contribution is -0.610. The first kappa shape index (κ1) is 20.9. The summed E-state index contributed by atoms with van der Waals surface area (Å²) < 4.78 is 3.10. The molecule has 0 bridgehead atoms. The Morgan fingerprint density at radius 3 is 1.27 bits per heavy atom. The minimum atomic E-state index is -0.623. The molecule has 134 valence electrons. The number of hydrogen-bond donors (Lipinski definition) is 0. The van der Waals surface area contributed by atoms with Gasteiger partial charge in [-0.15, -0.1) is 0 Å². The molecule has 0 spiro atoms. The number of rotatable bonds is 4. The lowest BCUT2D eigenvalue weighted by Crippen LogP contribution is -3.00. The topological polar surface area (TPSA) is 94.0 Å². The van der Waals surface area contributed by atoms with Gasteiger partial charge in [0.2, 0.25) is 0 Å². The first-order chi connectivity index (χ1) is 11.6. The number of nitrogens with zero attached hydrogens (tertiary/aromatic N) is 4. The monoisotopic (exact) mass is 394 g/mol. The standard InChI is InChI=1S/C16H12N4O4.2ClH/c21-19(22)15-12-16(20(23)24)14(18-9-5-2-6-10-18)11-13(15)17-7-3-1-4-8-17;;/h1-12H;2*1H/q+2;;/p-2. The Kier molecular flexibility index (Phi) is 7.12. The molecular formula is C16H12Cl2N4O4. The summed E-state index contributed by atoms with van der Waals surface area (Å²) in [5.74, 6) is 0. The first-order valence-corrected chi connectivity index (χ1v) is 6.98. The van der Waals surface area contributed by atoms with E-state index in [4.69, 9.17) is 0 Å². The number of pyridine rings is 2. The highest BCUT2D eigenvalue weighted by atomic mass is 35.5. The summed E-state index contributed by atoms with van der Waals surface area (Å²) in [6.07, 6.45) is 6.59. The van der Waals surface area contributed by atoms with Crippen LogP contribution in [-0.2, 0) is 0 Å². The summed E-state index contributed by atoms with van der Waals surface area (Å²) in [6, 6.07) is 12.9. The lowest BCUT2D eigenvalue weighted by Gasteiger charge is -2.01. The van der Waals surface area contributed by atoms with E-state index in [0.717, 1.165) is 6.07 Å². The highest BCUT2D eigenvalue weighted by Crippen LogP contribution is 2.29. The average molecular weight is 395 g/mol. The molecule has 3 aromatic rings. The smallest absolute Gasteiger partial charge is 0.347 e. The van der Waals surface area contributed by atoms with Crippen LogP contribution < -0.4 is 33.9 Å². The molecule has 0 unspecified atom stereocenters. The fourth-order valence-corrected chi connectivity index (χ4v) is 2.38. The zero-order chi connectivity index (χ0) is 17.1. The molecule has 10 heteroatoms. The van der Waals surface area contributed by atoms with Gasteiger partial charge < -0.3 is 24.8 Å². The number of halogens is 2. The van der Waals surface area contributed by atoms with Crippen molar-refractivity contribution in [1.82, 2.24) is 0 Å². The Morgan fingerprint density at radius 2 is 0.962 bits per heavy atom. The summed E-state index contributed by atoms with van der Waals surface area (Å²) in [5.41, 5.74) is -0.175. The van der Waals surface area contributed by atoms with E-state index in [1.165, 1.54) is 6.07 Å². The van der Waals surface area contributed by atoms with Crippen LogP contribution in [-0.4, -0.2) is 9.85 Å². The van der Waals surface area contributed by atoms with Gasteiger partial charge >= 0.3 is 11.4 Å². The van der Waals surface area contributed by atoms with Crippen LogP contribution in [0.2, 0.25) is 0 Å². The second kappa shape index (κ2) is 8.84. The van der Waals surface area contributed by atoms with Gasteiger partial charge in [0.05, 0.1) is 15.9 Å². The van der Waals surface area contributed by atoms with Crippen molar-refractivity contribution in [3.8, 4) is 11.4 Å². The number of hydrogen-bond acceptors (Lipinski definition) is 4. The van der Waals surface area contributed by atoms with Crippen LogP contribution in [0.25, 0.3) is 11.4 Å². The van der Waals surface area contributed by atoms with E-state index in [0.29, 0.717) is 0 Å². The molecule has 0 fully saturated rings. The molecule has 0 aliphatic heterocycles. The van der Waals surface area contributed by atoms with Crippen molar-refractivity contribution in [2.45, 2.75) is 0 Å². The molecule has 0 N–H and O–H groups in total. The molecule has 0 amide bonds. The van der Waals surface area contributed by atoms with Crippen molar-refractivity contribution in [2.24, 2.45) is 0 Å². The highest BCUT2D eigenvalue weighted by Gasteiger charge is 2.34. The Balaban J connectivity index is 0.00000169. The van der Waals surface area contributed by atoms with Crippen LogP contribution in [0.4, 0.5) is 11.4 Å². The SMILES string of the molecule is O=[N+]([O-])c1cc([N+](=O)[O-])c(-[n+]2ccccc2)cc1-[n+]1ccccc1.[Cl-].[Cl-]. The molecule has 0 saturated heterocycles. The maximum atomic E-state index is 11.4. The molecule has 1 aromatic carbocycles. The van der Waals surface area contributed by atoms with Crippen molar-refractivity contribution >= 4 is 11.4 Å². The zero-order valence-electron chi connectivity index (χ0n) is 13.1. The number of nitro groups is 2. The molecule has 2 aromatic heterocycles. The summed E-state index contributed by atoms with van der Waals surface area (Å²) in [6.45, 7) is 0.